The Labute approximate surface area is 150 Å². The molecule has 8 nitrogen and oxygen atoms in total. The van der Waals surface area contributed by atoms with Gasteiger partial charge in [-0.15, -0.1) is 0 Å². The minimum atomic E-state index is -0.468. The fourth-order valence-corrected chi connectivity index (χ4v) is 2.93. The van der Waals surface area contributed by atoms with Gasteiger partial charge in [0.15, 0.2) is 5.82 Å². The molecule has 1 aromatic carbocycles. The number of hydrogen-bond donors (Lipinski definition) is 2. The highest BCUT2D eigenvalue weighted by Crippen LogP contribution is 2.20. The third kappa shape index (κ3) is 4.02. The molecule has 0 radical (unpaired) electrons. The summed E-state index contributed by atoms with van der Waals surface area (Å²) in [4.78, 5) is 45.8. The standard InChI is InChI=1S/C18H19N5O3/c1-12(24)23-9-3-6-15(23)18(26)21-14-5-2-4-13(10-14)17(25)22-16-11-19-7-8-20-16/h2,4-5,7-8,10-11,15H,3,6,9H2,1H3,(H,21,26)(H,20,22,25)/t15-/m0/s1. The molecule has 2 aromatic rings. The first-order chi connectivity index (χ1) is 12.5. The van der Waals surface area contributed by atoms with Crippen LogP contribution in [0.15, 0.2) is 42.9 Å². The quantitative estimate of drug-likeness (QED) is 0.870. The van der Waals surface area contributed by atoms with Crippen molar-refractivity contribution < 1.29 is 14.4 Å². The van der Waals surface area contributed by atoms with E-state index in [-0.39, 0.29) is 17.7 Å². The van der Waals surface area contributed by atoms with Gasteiger partial charge in [-0.1, -0.05) is 6.07 Å². The normalized spacial score (nSPS) is 16.2. The van der Waals surface area contributed by atoms with Crippen molar-refractivity contribution in [2.75, 3.05) is 17.2 Å². The number of nitrogens with one attached hydrogen (secondary N) is 2. The number of benzene rings is 1. The van der Waals surface area contributed by atoms with E-state index < -0.39 is 6.04 Å². The highest BCUT2D eigenvalue weighted by Gasteiger charge is 2.32. The van der Waals surface area contributed by atoms with Crippen molar-refractivity contribution in [2.24, 2.45) is 0 Å². The molecule has 0 saturated carbocycles. The first kappa shape index (κ1) is 17.5. The Balaban J connectivity index is 1.68. The molecule has 1 saturated heterocycles. The molecular formula is C18H19N5O3. The number of aromatic nitrogens is 2. The Bertz CT molecular complexity index is 825. The topological polar surface area (TPSA) is 104 Å². The van der Waals surface area contributed by atoms with E-state index in [1.54, 1.807) is 29.2 Å². The van der Waals surface area contributed by atoms with E-state index >= 15 is 0 Å². The molecule has 0 bridgehead atoms. The molecule has 3 rings (SSSR count). The molecule has 1 aromatic heterocycles. The first-order valence-corrected chi connectivity index (χ1v) is 8.30. The van der Waals surface area contributed by atoms with Gasteiger partial charge >= 0.3 is 0 Å². The predicted molar refractivity (Wildman–Crippen MR) is 95.5 cm³/mol. The van der Waals surface area contributed by atoms with E-state index in [0.29, 0.717) is 30.0 Å². The molecule has 0 spiro atoms. The van der Waals surface area contributed by atoms with Crippen LogP contribution in [0.5, 0.6) is 0 Å². The largest absolute Gasteiger partial charge is 0.331 e. The smallest absolute Gasteiger partial charge is 0.256 e. The van der Waals surface area contributed by atoms with Gasteiger partial charge in [-0.3, -0.25) is 19.4 Å². The van der Waals surface area contributed by atoms with Crippen LogP contribution < -0.4 is 10.6 Å². The van der Waals surface area contributed by atoms with Crippen LogP contribution in [0.3, 0.4) is 0 Å². The Hall–Kier alpha value is -3.29. The molecule has 2 heterocycles. The SMILES string of the molecule is CC(=O)N1CCC[C@H]1C(=O)Nc1cccc(C(=O)Nc2cnccn2)c1. The van der Waals surface area contributed by atoms with Crippen LogP contribution in [0, 0.1) is 0 Å². The van der Waals surface area contributed by atoms with Crippen LogP contribution in [-0.4, -0.2) is 45.2 Å². The molecule has 134 valence electrons. The predicted octanol–water partition coefficient (Wildman–Crippen LogP) is 1.68. The van der Waals surface area contributed by atoms with Crippen molar-refractivity contribution in [3.8, 4) is 0 Å². The van der Waals surface area contributed by atoms with Gasteiger partial charge in [-0.2, -0.15) is 0 Å². The van der Waals surface area contributed by atoms with E-state index in [4.69, 9.17) is 0 Å². The van der Waals surface area contributed by atoms with Gasteiger partial charge in [-0.25, -0.2) is 4.98 Å². The molecule has 1 fully saturated rings. The maximum atomic E-state index is 12.5. The summed E-state index contributed by atoms with van der Waals surface area (Å²) in [5.74, 6) is -0.369. The van der Waals surface area contributed by atoms with Gasteiger partial charge in [0.2, 0.25) is 11.8 Å². The molecule has 1 aliphatic heterocycles. The van der Waals surface area contributed by atoms with Gasteiger partial charge in [0.25, 0.3) is 5.91 Å². The van der Waals surface area contributed by atoms with Crippen molar-refractivity contribution in [3.05, 3.63) is 48.4 Å². The summed E-state index contributed by atoms with van der Waals surface area (Å²) in [6, 6.07) is 6.13. The van der Waals surface area contributed by atoms with Crippen molar-refractivity contribution >= 4 is 29.2 Å². The average Bonchev–Trinajstić information content (AvgIpc) is 3.13. The second kappa shape index (κ2) is 7.73. The van der Waals surface area contributed by atoms with E-state index in [1.807, 2.05) is 0 Å². The lowest BCUT2D eigenvalue weighted by Gasteiger charge is -2.22. The molecule has 8 heteroatoms. The number of rotatable bonds is 4. The minimum absolute atomic E-state index is 0.111. The van der Waals surface area contributed by atoms with Crippen molar-refractivity contribution in [2.45, 2.75) is 25.8 Å². The summed E-state index contributed by atoms with van der Waals surface area (Å²) in [5, 5.41) is 5.42. The lowest BCUT2D eigenvalue weighted by Crippen LogP contribution is -2.42. The maximum absolute atomic E-state index is 12.5. The van der Waals surface area contributed by atoms with E-state index in [1.165, 1.54) is 25.5 Å². The van der Waals surface area contributed by atoms with Crippen molar-refractivity contribution in [3.63, 3.8) is 0 Å². The van der Waals surface area contributed by atoms with Crippen LogP contribution in [0.4, 0.5) is 11.5 Å². The van der Waals surface area contributed by atoms with Gasteiger partial charge in [0.1, 0.15) is 6.04 Å². The lowest BCUT2D eigenvalue weighted by atomic mass is 10.1. The molecular weight excluding hydrogens is 334 g/mol. The zero-order valence-electron chi connectivity index (χ0n) is 14.3. The number of carbonyl (C=O) groups excluding carboxylic acids is 3. The van der Waals surface area contributed by atoms with Crippen molar-refractivity contribution in [1.82, 2.24) is 14.9 Å². The third-order valence-corrected chi connectivity index (χ3v) is 4.16. The Morgan fingerprint density at radius 3 is 2.77 bits per heavy atom. The average molecular weight is 353 g/mol. The maximum Gasteiger partial charge on any atom is 0.256 e. The monoisotopic (exact) mass is 353 g/mol. The second-order valence-corrected chi connectivity index (χ2v) is 5.99. The molecule has 0 unspecified atom stereocenters. The summed E-state index contributed by atoms with van der Waals surface area (Å²) in [6.45, 7) is 2.05. The first-order valence-electron chi connectivity index (χ1n) is 8.30. The highest BCUT2D eigenvalue weighted by molar-refractivity contribution is 6.05. The fourth-order valence-electron chi connectivity index (χ4n) is 2.93. The Morgan fingerprint density at radius 1 is 1.19 bits per heavy atom. The third-order valence-electron chi connectivity index (χ3n) is 4.16. The molecule has 0 aliphatic carbocycles. The van der Waals surface area contributed by atoms with Crippen LogP contribution in [0.2, 0.25) is 0 Å². The van der Waals surface area contributed by atoms with Crippen LogP contribution >= 0.6 is 0 Å². The molecule has 1 aliphatic rings. The van der Waals surface area contributed by atoms with Gasteiger partial charge < -0.3 is 15.5 Å². The van der Waals surface area contributed by atoms with E-state index in [0.717, 1.165) is 6.42 Å². The summed E-state index contributed by atoms with van der Waals surface area (Å²) in [6.07, 6.45) is 5.88. The molecule has 26 heavy (non-hydrogen) atoms. The highest BCUT2D eigenvalue weighted by atomic mass is 16.2. The second-order valence-electron chi connectivity index (χ2n) is 5.99. The number of likely N-dealkylation sites (tertiary alicyclic amines) is 1. The number of nitrogens with zero attached hydrogens (tertiary/aromatic N) is 3. The summed E-state index contributed by atoms with van der Waals surface area (Å²) >= 11 is 0. The molecule has 2 N–H and O–H groups in total. The number of anilines is 2. The van der Waals surface area contributed by atoms with Crippen LogP contribution in [-0.2, 0) is 9.59 Å². The number of carbonyl (C=O) groups is 3. The fraction of sp³-hybridized carbons (Fsp3) is 0.278. The van der Waals surface area contributed by atoms with Crippen LogP contribution in [0.25, 0.3) is 0 Å². The number of hydrogen-bond acceptors (Lipinski definition) is 5. The zero-order chi connectivity index (χ0) is 18.5. The van der Waals surface area contributed by atoms with E-state index in [2.05, 4.69) is 20.6 Å². The Morgan fingerprint density at radius 2 is 2.04 bits per heavy atom. The van der Waals surface area contributed by atoms with Gasteiger partial charge in [-0.05, 0) is 31.0 Å². The van der Waals surface area contributed by atoms with Crippen LogP contribution in [0.1, 0.15) is 30.1 Å². The van der Waals surface area contributed by atoms with E-state index in [9.17, 15) is 14.4 Å². The Kier molecular flexibility index (Phi) is 5.21. The minimum Gasteiger partial charge on any atom is -0.331 e. The van der Waals surface area contributed by atoms with Gasteiger partial charge in [0, 0.05) is 37.1 Å². The summed E-state index contributed by atoms with van der Waals surface area (Å²) < 4.78 is 0. The number of amides is 3. The molecule has 3 amide bonds. The summed E-state index contributed by atoms with van der Waals surface area (Å²) in [5.41, 5.74) is 0.875. The summed E-state index contributed by atoms with van der Waals surface area (Å²) in [7, 11) is 0. The van der Waals surface area contributed by atoms with Crippen molar-refractivity contribution in [1.29, 1.82) is 0 Å². The lowest BCUT2D eigenvalue weighted by molar-refractivity contribution is -0.134. The molecule has 1 atom stereocenters. The van der Waals surface area contributed by atoms with Gasteiger partial charge in [0.05, 0.1) is 6.20 Å². The zero-order valence-corrected chi connectivity index (χ0v) is 14.3.